The van der Waals surface area contributed by atoms with Gasteiger partial charge in [-0.15, -0.1) is 12.4 Å². The molecule has 0 aliphatic carbocycles. The molecule has 3 rings (SSSR count). The molecule has 2 saturated heterocycles. The second kappa shape index (κ2) is 7.09. The maximum atomic E-state index is 12.1. The summed E-state index contributed by atoms with van der Waals surface area (Å²) in [5.41, 5.74) is 1.10. The number of benzene rings is 1. The summed E-state index contributed by atoms with van der Waals surface area (Å²) in [6, 6.07) is 9.78. The van der Waals surface area contributed by atoms with Crippen molar-refractivity contribution in [3.8, 4) is 0 Å². The fourth-order valence-electron chi connectivity index (χ4n) is 3.29. The number of rotatable bonds is 3. The number of carbonyl (C=O) groups is 1. The molecule has 0 saturated carbocycles. The summed E-state index contributed by atoms with van der Waals surface area (Å²) in [6.07, 6.45) is 5.22. The standard InChI is InChI=1S/C15H19IN2O.ClH/c16-11-3-1-2-10(6-11)7-15(19)18-14-8-12-4-5-13(9-14)17-12;/h1-3,6,12-14,17H,4-5,7-9H2,(H,18,19);1H. The van der Waals surface area contributed by atoms with E-state index in [-0.39, 0.29) is 18.3 Å². The molecule has 2 unspecified atom stereocenters. The van der Waals surface area contributed by atoms with Crippen LogP contribution < -0.4 is 10.6 Å². The predicted octanol–water partition coefficient (Wildman–Crippen LogP) is 2.65. The third-order valence-corrected chi connectivity index (χ3v) is 4.76. The Morgan fingerprint density at radius 1 is 1.30 bits per heavy atom. The minimum absolute atomic E-state index is 0. The van der Waals surface area contributed by atoms with Crippen LogP contribution >= 0.6 is 35.0 Å². The van der Waals surface area contributed by atoms with Gasteiger partial charge in [0.2, 0.25) is 5.91 Å². The second-order valence-corrected chi connectivity index (χ2v) is 6.93. The predicted molar refractivity (Wildman–Crippen MR) is 91.2 cm³/mol. The number of halogens is 2. The molecule has 3 nitrogen and oxygen atoms in total. The van der Waals surface area contributed by atoms with Crippen LogP contribution in [0.25, 0.3) is 0 Å². The fraction of sp³-hybridized carbons (Fsp3) is 0.533. The first kappa shape index (κ1) is 16.0. The molecule has 1 aromatic carbocycles. The highest BCUT2D eigenvalue weighted by Gasteiger charge is 2.33. The molecule has 2 aliphatic rings. The lowest BCUT2D eigenvalue weighted by Gasteiger charge is -2.29. The first-order valence-electron chi connectivity index (χ1n) is 6.99. The van der Waals surface area contributed by atoms with Gasteiger partial charge in [-0.1, -0.05) is 12.1 Å². The van der Waals surface area contributed by atoms with E-state index in [1.54, 1.807) is 0 Å². The molecule has 2 bridgehead atoms. The lowest BCUT2D eigenvalue weighted by molar-refractivity contribution is -0.121. The Bertz CT molecular complexity index is 471. The van der Waals surface area contributed by atoms with Crippen molar-refractivity contribution < 1.29 is 4.79 Å². The van der Waals surface area contributed by atoms with Gasteiger partial charge in [0.25, 0.3) is 0 Å². The van der Waals surface area contributed by atoms with Gasteiger partial charge in [0.1, 0.15) is 0 Å². The number of hydrogen-bond donors (Lipinski definition) is 2. The summed E-state index contributed by atoms with van der Waals surface area (Å²) in [6.45, 7) is 0. The molecule has 0 aromatic heterocycles. The molecule has 2 heterocycles. The Morgan fingerprint density at radius 2 is 2.00 bits per heavy atom. The van der Waals surface area contributed by atoms with E-state index in [0.717, 1.165) is 18.4 Å². The van der Waals surface area contributed by atoms with E-state index >= 15 is 0 Å². The zero-order valence-electron chi connectivity index (χ0n) is 11.3. The molecule has 110 valence electrons. The summed E-state index contributed by atoms with van der Waals surface area (Å²) >= 11 is 2.28. The molecule has 2 N–H and O–H groups in total. The van der Waals surface area contributed by atoms with Crippen LogP contribution in [0.2, 0.25) is 0 Å². The molecule has 0 spiro atoms. The lowest BCUT2D eigenvalue weighted by atomic mass is 9.99. The number of fused-ring (bicyclic) bond motifs is 2. The molecule has 0 radical (unpaired) electrons. The highest BCUT2D eigenvalue weighted by molar-refractivity contribution is 14.1. The number of amides is 1. The van der Waals surface area contributed by atoms with Crippen molar-refractivity contribution in [2.24, 2.45) is 0 Å². The van der Waals surface area contributed by atoms with Gasteiger partial charge in [0, 0.05) is 21.7 Å². The number of piperidine rings is 1. The quantitative estimate of drug-likeness (QED) is 0.758. The van der Waals surface area contributed by atoms with Crippen LogP contribution in [0, 0.1) is 3.57 Å². The third-order valence-electron chi connectivity index (χ3n) is 4.09. The Kier molecular flexibility index (Phi) is 5.69. The topological polar surface area (TPSA) is 41.1 Å². The van der Waals surface area contributed by atoms with Crippen LogP contribution in [0.15, 0.2) is 24.3 Å². The van der Waals surface area contributed by atoms with Gasteiger partial charge in [-0.3, -0.25) is 4.79 Å². The average molecular weight is 407 g/mol. The first-order valence-corrected chi connectivity index (χ1v) is 8.07. The molecule has 5 heteroatoms. The van der Waals surface area contributed by atoms with Crippen LogP contribution in [-0.2, 0) is 11.2 Å². The molecule has 2 atom stereocenters. The van der Waals surface area contributed by atoms with Crippen LogP contribution in [0.4, 0.5) is 0 Å². The number of hydrogen-bond acceptors (Lipinski definition) is 2. The fourth-order valence-corrected chi connectivity index (χ4v) is 3.89. The molecule has 2 aliphatic heterocycles. The van der Waals surface area contributed by atoms with Crippen molar-refractivity contribution in [3.05, 3.63) is 33.4 Å². The van der Waals surface area contributed by atoms with Crippen molar-refractivity contribution in [1.29, 1.82) is 0 Å². The van der Waals surface area contributed by atoms with Gasteiger partial charge in [0.15, 0.2) is 0 Å². The molecule has 2 fully saturated rings. The zero-order chi connectivity index (χ0) is 13.2. The van der Waals surface area contributed by atoms with Crippen molar-refractivity contribution >= 4 is 40.9 Å². The first-order chi connectivity index (χ1) is 9.19. The van der Waals surface area contributed by atoms with Gasteiger partial charge >= 0.3 is 0 Å². The maximum absolute atomic E-state index is 12.1. The van der Waals surface area contributed by atoms with Crippen LogP contribution in [0.5, 0.6) is 0 Å². The molecular formula is C15H20ClIN2O. The van der Waals surface area contributed by atoms with Gasteiger partial charge in [-0.2, -0.15) is 0 Å². The van der Waals surface area contributed by atoms with E-state index in [2.05, 4.69) is 39.3 Å². The molecule has 20 heavy (non-hydrogen) atoms. The van der Waals surface area contributed by atoms with E-state index in [1.807, 2.05) is 18.2 Å². The van der Waals surface area contributed by atoms with Gasteiger partial charge in [0.05, 0.1) is 6.42 Å². The monoisotopic (exact) mass is 406 g/mol. The Labute approximate surface area is 139 Å². The van der Waals surface area contributed by atoms with Crippen LogP contribution in [0.1, 0.15) is 31.2 Å². The summed E-state index contributed by atoms with van der Waals surface area (Å²) in [5, 5.41) is 6.80. The third kappa shape index (κ3) is 4.09. The summed E-state index contributed by atoms with van der Waals surface area (Å²) in [7, 11) is 0. The minimum Gasteiger partial charge on any atom is -0.353 e. The average Bonchev–Trinajstić information content (AvgIpc) is 2.68. The molecule has 1 amide bonds. The normalized spacial score (nSPS) is 27.8. The highest BCUT2D eigenvalue weighted by Crippen LogP contribution is 2.26. The van der Waals surface area contributed by atoms with E-state index in [9.17, 15) is 4.79 Å². The number of carbonyl (C=O) groups excluding carboxylic acids is 1. The van der Waals surface area contributed by atoms with E-state index in [4.69, 9.17) is 0 Å². The van der Waals surface area contributed by atoms with Crippen molar-refractivity contribution in [3.63, 3.8) is 0 Å². The summed E-state index contributed by atoms with van der Waals surface area (Å²) in [5.74, 6) is 0.160. The van der Waals surface area contributed by atoms with Crippen LogP contribution in [0.3, 0.4) is 0 Å². The SMILES string of the molecule is Cl.O=C(Cc1cccc(I)c1)NC1CC2CCC(C1)N2. The lowest BCUT2D eigenvalue weighted by Crippen LogP contribution is -2.48. The summed E-state index contributed by atoms with van der Waals surface area (Å²) in [4.78, 5) is 12.1. The van der Waals surface area contributed by atoms with Crippen molar-refractivity contribution in [2.75, 3.05) is 0 Å². The second-order valence-electron chi connectivity index (χ2n) is 5.68. The van der Waals surface area contributed by atoms with Crippen molar-refractivity contribution in [2.45, 2.75) is 50.2 Å². The van der Waals surface area contributed by atoms with Crippen molar-refractivity contribution in [1.82, 2.24) is 10.6 Å². The highest BCUT2D eigenvalue weighted by atomic mass is 127. The maximum Gasteiger partial charge on any atom is 0.224 e. The van der Waals surface area contributed by atoms with Crippen LogP contribution in [-0.4, -0.2) is 24.0 Å². The molecular weight excluding hydrogens is 387 g/mol. The molecule has 1 aromatic rings. The van der Waals surface area contributed by atoms with Gasteiger partial charge < -0.3 is 10.6 Å². The largest absolute Gasteiger partial charge is 0.353 e. The Morgan fingerprint density at radius 3 is 2.65 bits per heavy atom. The smallest absolute Gasteiger partial charge is 0.224 e. The Hall–Kier alpha value is -0.330. The van der Waals surface area contributed by atoms with E-state index < -0.39 is 0 Å². The number of nitrogens with one attached hydrogen (secondary N) is 2. The van der Waals surface area contributed by atoms with E-state index in [0.29, 0.717) is 24.5 Å². The minimum atomic E-state index is 0. The summed E-state index contributed by atoms with van der Waals surface area (Å²) < 4.78 is 1.18. The zero-order valence-corrected chi connectivity index (χ0v) is 14.2. The van der Waals surface area contributed by atoms with Gasteiger partial charge in [-0.25, -0.2) is 0 Å². The Balaban J connectivity index is 0.00000147. The van der Waals surface area contributed by atoms with E-state index in [1.165, 1.54) is 16.4 Å². The van der Waals surface area contributed by atoms with Gasteiger partial charge in [-0.05, 0) is 66.0 Å².